The number of thiophene rings is 1. The Morgan fingerprint density at radius 3 is 2.41 bits per heavy atom. The summed E-state index contributed by atoms with van der Waals surface area (Å²) in [6.07, 6.45) is 7.36. The van der Waals surface area contributed by atoms with E-state index in [1.54, 1.807) is 0 Å². The van der Waals surface area contributed by atoms with Crippen molar-refractivity contribution in [2.75, 3.05) is 18.0 Å². The summed E-state index contributed by atoms with van der Waals surface area (Å²) in [7, 11) is 2.00. The van der Waals surface area contributed by atoms with Gasteiger partial charge in [-0.05, 0) is 50.1 Å². The topological polar surface area (TPSA) is 70.4 Å². The lowest BCUT2D eigenvalue weighted by molar-refractivity contribution is 0.457. The maximum absolute atomic E-state index is 4.85. The Hall–Kier alpha value is -1.36. The number of hydrogen-bond donors (Lipinski definition) is 2. The summed E-state index contributed by atoms with van der Waals surface area (Å²) < 4.78 is 2.01. The smallest absolute Gasteiger partial charge is 0.192 e. The molecule has 2 fully saturated rings. The normalized spacial score (nSPS) is 18.7. The van der Waals surface area contributed by atoms with E-state index < -0.39 is 0 Å². The summed E-state index contributed by atoms with van der Waals surface area (Å²) in [5, 5.41) is 19.3. The number of anilines is 1. The molecule has 0 amide bonds. The number of rotatable bonds is 5. The molecule has 2 N–H and O–H groups in total. The average Bonchev–Trinajstić information content (AvgIpc) is 3.46. The Morgan fingerprint density at radius 1 is 1.14 bits per heavy atom. The zero-order valence-electron chi connectivity index (χ0n) is 17.3. The molecule has 0 radical (unpaired) electrons. The van der Waals surface area contributed by atoms with E-state index in [9.17, 15) is 0 Å². The van der Waals surface area contributed by atoms with Gasteiger partial charge in [0.25, 0.3) is 0 Å². The van der Waals surface area contributed by atoms with Gasteiger partial charge in [0.1, 0.15) is 12.4 Å². The van der Waals surface area contributed by atoms with E-state index in [2.05, 4.69) is 43.2 Å². The lowest BCUT2D eigenvalue weighted by atomic mass is 10.1. The van der Waals surface area contributed by atoms with Crippen LogP contribution in [0.5, 0.6) is 0 Å². The van der Waals surface area contributed by atoms with Crippen LogP contribution in [-0.4, -0.2) is 45.9 Å². The van der Waals surface area contributed by atoms with Gasteiger partial charge in [0.15, 0.2) is 11.8 Å². The summed E-state index contributed by atoms with van der Waals surface area (Å²) in [6.45, 7) is 4.71. The lowest BCUT2D eigenvalue weighted by Crippen LogP contribution is -2.50. The first-order valence-corrected chi connectivity index (χ1v) is 11.3. The molecule has 1 aliphatic carbocycles. The van der Waals surface area contributed by atoms with Crippen molar-refractivity contribution in [3.05, 3.63) is 29.2 Å². The number of guanidine groups is 1. The van der Waals surface area contributed by atoms with E-state index >= 15 is 0 Å². The maximum Gasteiger partial charge on any atom is 0.192 e. The molecule has 2 aliphatic rings. The van der Waals surface area contributed by atoms with Crippen molar-refractivity contribution in [3.8, 4) is 0 Å². The molecule has 0 atom stereocenters. The highest BCUT2D eigenvalue weighted by Crippen LogP contribution is 2.25. The average molecular weight is 529 g/mol. The van der Waals surface area contributed by atoms with Crippen LogP contribution in [0.4, 0.5) is 5.00 Å². The molecule has 29 heavy (non-hydrogen) atoms. The van der Waals surface area contributed by atoms with Gasteiger partial charge in [-0.3, -0.25) is 0 Å². The highest BCUT2D eigenvalue weighted by molar-refractivity contribution is 14.0. The molecule has 160 valence electrons. The zero-order valence-corrected chi connectivity index (χ0v) is 20.5. The quantitative estimate of drug-likeness (QED) is 0.353. The van der Waals surface area contributed by atoms with Gasteiger partial charge in [0.2, 0.25) is 0 Å². The third-order valence-corrected chi connectivity index (χ3v) is 6.84. The number of piperidine rings is 1. The number of nitrogens with one attached hydrogen (secondary N) is 2. The predicted octanol–water partition coefficient (Wildman–Crippen LogP) is 3.45. The minimum absolute atomic E-state index is 0. The first-order valence-electron chi connectivity index (χ1n) is 10.4. The second kappa shape index (κ2) is 10.6. The maximum atomic E-state index is 4.85. The molecule has 2 aromatic rings. The van der Waals surface area contributed by atoms with Gasteiger partial charge in [-0.25, -0.2) is 4.99 Å². The van der Waals surface area contributed by atoms with Gasteiger partial charge in [-0.15, -0.1) is 45.5 Å². The summed E-state index contributed by atoms with van der Waals surface area (Å²) >= 11 is 1.83. The third kappa shape index (κ3) is 5.84. The Labute approximate surface area is 194 Å². The molecule has 0 spiro atoms. The number of nitrogens with zero attached hydrogens (tertiary/aromatic N) is 5. The number of hydrogen-bond acceptors (Lipinski definition) is 5. The summed E-state index contributed by atoms with van der Waals surface area (Å²) in [5.74, 6) is 2.75. The molecule has 0 bridgehead atoms. The lowest BCUT2D eigenvalue weighted by Gasteiger charge is -2.34. The highest BCUT2D eigenvalue weighted by atomic mass is 127. The molecule has 1 saturated heterocycles. The van der Waals surface area contributed by atoms with Crippen molar-refractivity contribution < 1.29 is 0 Å². The fraction of sp³-hybridized carbons (Fsp3) is 0.650. The van der Waals surface area contributed by atoms with Crippen LogP contribution in [0.1, 0.15) is 50.2 Å². The SMILES string of the molecule is Cc1nnc(CN=C(NC2CCCC2)NC2CCN(c3cccs3)CC2)n1C.I. The van der Waals surface area contributed by atoms with Crippen LogP contribution in [0.15, 0.2) is 22.5 Å². The highest BCUT2D eigenvalue weighted by Gasteiger charge is 2.22. The Morgan fingerprint density at radius 2 is 1.83 bits per heavy atom. The molecule has 0 unspecified atom stereocenters. The van der Waals surface area contributed by atoms with Crippen LogP contribution < -0.4 is 15.5 Å². The van der Waals surface area contributed by atoms with Crippen LogP contribution in [0.3, 0.4) is 0 Å². The van der Waals surface area contributed by atoms with Gasteiger partial charge in [-0.1, -0.05) is 12.8 Å². The monoisotopic (exact) mass is 529 g/mol. The standard InChI is InChI=1S/C20H31N7S.HI/c1-15-24-25-18(26(15)2)14-21-20(22-16-6-3-4-7-16)23-17-9-11-27(12-10-17)19-8-5-13-28-19;/h5,8,13,16-17H,3-4,6-7,9-12,14H2,1-2H3,(H2,21,22,23);1H. The third-order valence-electron chi connectivity index (χ3n) is 5.91. The van der Waals surface area contributed by atoms with E-state index in [1.165, 1.54) is 30.7 Å². The Balaban J connectivity index is 0.00000240. The van der Waals surface area contributed by atoms with Crippen molar-refractivity contribution >= 4 is 46.3 Å². The molecule has 0 aromatic carbocycles. The van der Waals surface area contributed by atoms with Gasteiger partial charge < -0.3 is 20.1 Å². The molecular formula is C20H32IN7S. The molecular weight excluding hydrogens is 497 g/mol. The largest absolute Gasteiger partial charge is 0.363 e. The minimum Gasteiger partial charge on any atom is -0.363 e. The fourth-order valence-electron chi connectivity index (χ4n) is 4.02. The van der Waals surface area contributed by atoms with E-state index in [0.717, 1.165) is 43.5 Å². The molecule has 3 heterocycles. The first-order chi connectivity index (χ1) is 13.7. The van der Waals surface area contributed by atoms with Gasteiger partial charge in [0.05, 0.1) is 5.00 Å². The number of halogens is 1. The zero-order chi connectivity index (χ0) is 19.3. The van der Waals surface area contributed by atoms with Crippen LogP contribution in [-0.2, 0) is 13.6 Å². The van der Waals surface area contributed by atoms with Crippen LogP contribution in [0.25, 0.3) is 0 Å². The Bertz CT molecular complexity index is 775. The van der Waals surface area contributed by atoms with Crippen molar-refractivity contribution in [2.45, 2.75) is 64.1 Å². The van der Waals surface area contributed by atoms with E-state index in [-0.39, 0.29) is 24.0 Å². The Kier molecular flexibility index (Phi) is 8.16. The molecule has 1 aliphatic heterocycles. The first kappa shape index (κ1) is 22.3. The van der Waals surface area contributed by atoms with E-state index in [0.29, 0.717) is 18.6 Å². The second-order valence-corrected chi connectivity index (χ2v) is 8.80. The van der Waals surface area contributed by atoms with Crippen LogP contribution in [0, 0.1) is 6.92 Å². The summed E-state index contributed by atoms with van der Waals surface area (Å²) in [4.78, 5) is 7.35. The predicted molar refractivity (Wildman–Crippen MR) is 130 cm³/mol. The molecule has 1 saturated carbocycles. The van der Waals surface area contributed by atoms with Crippen LogP contribution >= 0.6 is 35.3 Å². The number of aryl methyl sites for hydroxylation is 1. The van der Waals surface area contributed by atoms with Crippen molar-refractivity contribution in [3.63, 3.8) is 0 Å². The summed E-state index contributed by atoms with van der Waals surface area (Å²) in [6, 6.07) is 5.36. The van der Waals surface area contributed by atoms with Gasteiger partial charge in [0, 0.05) is 32.2 Å². The van der Waals surface area contributed by atoms with Crippen molar-refractivity contribution in [1.29, 1.82) is 0 Å². The fourth-order valence-corrected chi connectivity index (χ4v) is 4.81. The van der Waals surface area contributed by atoms with E-state index in [4.69, 9.17) is 4.99 Å². The van der Waals surface area contributed by atoms with Crippen molar-refractivity contribution in [2.24, 2.45) is 12.0 Å². The van der Waals surface area contributed by atoms with Crippen LogP contribution in [0.2, 0.25) is 0 Å². The van der Waals surface area contributed by atoms with Gasteiger partial charge >= 0.3 is 0 Å². The molecule has 4 rings (SSSR count). The second-order valence-electron chi connectivity index (χ2n) is 7.87. The number of aromatic nitrogens is 3. The molecule has 2 aromatic heterocycles. The van der Waals surface area contributed by atoms with E-state index in [1.807, 2.05) is 29.9 Å². The van der Waals surface area contributed by atoms with Gasteiger partial charge in [-0.2, -0.15) is 0 Å². The number of aliphatic imine (C=N–C) groups is 1. The summed E-state index contributed by atoms with van der Waals surface area (Å²) in [5.41, 5.74) is 0. The van der Waals surface area contributed by atoms with Crippen molar-refractivity contribution in [1.82, 2.24) is 25.4 Å². The molecule has 7 nitrogen and oxygen atoms in total. The minimum atomic E-state index is 0. The molecule has 9 heteroatoms.